The van der Waals surface area contributed by atoms with Crippen LogP contribution >= 0.6 is 0 Å². The lowest BCUT2D eigenvalue weighted by Gasteiger charge is -2.17. The summed E-state index contributed by atoms with van der Waals surface area (Å²) in [5.74, 6) is -3.01. The Morgan fingerprint density at radius 2 is 1.74 bits per heavy atom. The Morgan fingerprint density at radius 1 is 0.977 bits per heavy atom. The van der Waals surface area contributed by atoms with Gasteiger partial charge in [0.05, 0.1) is 17.8 Å². The smallest absolute Gasteiger partial charge is 0.457 e. The van der Waals surface area contributed by atoms with Gasteiger partial charge in [-0.2, -0.15) is 13.2 Å². The number of rotatable bonds is 11. The second-order valence-corrected chi connectivity index (χ2v) is 10.2. The molecule has 1 aliphatic heterocycles. The summed E-state index contributed by atoms with van der Waals surface area (Å²) in [4.78, 5) is 28.4. The predicted molar refractivity (Wildman–Crippen MR) is 149 cm³/mol. The molecule has 0 aliphatic carbocycles. The van der Waals surface area contributed by atoms with Gasteiger partial charge in [0.25, 0.3) is 0 Å². The minimum Gasteiger partial charge on any atom is -0.457 e. The van der Waals surface area contributed by atoms with Crippen molar-refractivity contribution in [1.82, 2.24) is 15.4 Å². The topological polar surface area (TPSA) is 116 Å². The number of carbonyl (C=O) groups excluding carboxylic acids is 2. The molecule has 0 saturated heterocycles. The van der Waals surface area contributed by atoms with Crippen molar-refractivity contribution in [2.45, 2.75) is 57.0 Å². The molecule has 43 heavy (non-hydrogen) atoms. The van der Waals surface area contributed by atoms with E-state index >= 15 is 0 Å². The van der Waals surface area contributed by atoms with Gasteiger partial charge in [-0.3, -0.25) is 9.78 Å². The van der Waals surface area contributed by atoms with Crippen molar-refractivity contribution in [2.24, 2.45) is 0 Å². The highest BCUT2D eigenvalue weighted by Crippen LogP contribution is 2.30. The second kappa shape index (κ2) is 13.5. The van der Waals surface area contributed by atoms with Crippen LogP contribution < -0.4 is 10.1 Å². The molecule has 1 unspecified atom stereocenters. The largest absolute Gasteiger partial charge is 0.491 e. The van der Waals surface area contributed by atoms with Gasteiger partial charge in [-0.15, -0.1) is 5.10 Å². The van der Waals surface area contributed by atoms with Crippen LogP contribution in [0.2, 0.25) is 0 Å². The van der Waals surface area contributed by atoms with E-state index < -0.39 is 30.5 Å². The van der Waals surface area contributed by atoms with Crippen molar-refractivity contribution < 1.29 is 36.8 Å². The Kier molecular flexibility index (Phi) is 9.33. The lowest BCUT2D eigenvalue weighted by atomic mass is 9.90. The van der Waals surface area contributed by atoms with Crippen LogP contribution in [0, 0.1) is 0 Å². The average Bonchev–Trinajstić information content (AvgIpc) is 3.44. The van der Waals surface area contributed by atoms with E-state index in [1.807, 2.05) is 30.3 Å². The zero-order chi connectivity index (χ0) is 30.2. The van der Waals surface area contributed by atoms with E-state index in [4.69, 9.17) is 14.2 Å². The zero-order valence-corrected chi connectivity index (χ0v) is 23.1. The van der Waals surface area contributed by atoms with Gasteiger partial charge in [0.15, 0.2) is 5.76 Å². The summed E-state index contributed by atoms with van der Waals surface area (Å²) in [5.41, 5.74) is 4.28. The van der Waals surface area contributed by atoms with E-state index in [1.54, 1.807) is 36.4 Å². The first-order valence-electron chi connectivity index (χ1n) is 13.9. The summed E-state index contributed by atoms with van der Waals surface area (Å²) >= 11 is 0. The number of esters is 2. The third-order valence-corrected chi connectivity index (χ3v) is 7.03. The third-order valence-electron chi connectivity index (χ3n) is 7.03. The number of halogens is 3. The summed E-state index contributed by atoms with van der Waals surface area (Å²) in [6.45, 7) is 0.943. The van der Waals surface area contributed by atoms with Crippen LogP contribution in [0.4, 0.5) is 18.9 Å². The van der Waals surface area contributed by atoms with E-state index in [0.29, 0.717) is 47.8 Å². The van der Waals surface area contributed by atoms with Gasteiger partial charge in [0.1, 0.15) is 17.2 Å². The third kappa shape index (κ3) is 8.18. The van der Waals surface area contributed by atoms with Crippen molar-refractivity contribution >= 4 is 17.6 Å². The van der Waals surface area contributed by atoms with Gasteiger partial charge in [-0.1, -0.05) is 30.3 Å². The Morgan fingerprint density at radius 3 is 2.51 bits per heavy atom. The monoisotopic (exact) mass is 594 g/mol. The summed E-state index contributed by atoms with van der Waals surface area (Å²) in [5, 5.41) is 11.1. The minimum atomic E-state index is -5.28. The van der Waals surface area contributed by atoms with Gasteiger partial charge < -0.3 is 19.3 Å². The van der Waals surface area contributed by atoms with Crippen LogP contribution in [0.5, 0.6) is 11.5 Å². The van der Waals surface area contributed by atoms with Crippen molar-refractivity contribution in [3.05, 3.63) is 95.1 Å². The number of hydrogen-bond acceptors (Lipinski definition) is 9. The first-order chi connectivity index (χ1) is 20.7. The molecule has 1 atom stereocenters. The SMILES string of the molecule is O=C(CC(Cc1onnc1CCCc1ccc2c(n1)CCCN2)c1ccc(Oc2ccccc2)cc1)OC(=O)C(F)(F)F. The van der Waals surface area contributed by atoms with E-state index in [9.17, 15) is 22.8 Å². The maximum absolute atomic E-state index is 12.7. The molecular formula is C31H29F3N4O5. The van der Waals surface area contributed by atoms with E-state index in [2.05, 4.69) is 20.4 Å². The standard InChI is InChI=1S/C31H29F3N4O5/c32-31(33,34)30(40)42-29(39)19-21(20-11-14-24(15-12-20)41-23-7-2-1-3-8-23)18-28-27(37-38-43-28)9-4-6-22-13-16-25-26(36-22)10-5-17-35-25/h1-3,7-8,11-16,21,35H,4-6,9-10,17-19H2. The number of ether oxygens (including phenoxy) is 2. The molecule has 0 radical (unpaired) electrons. The molecule has 1 N–H and O–H groups in total. The van der Waals surface area contributed by atoms with Crippen LogP contribution in [0.1, 0.15) is 53.6 Å². The number of anilines is 1. The molecule has 12 heteroatoms. The van der Waals surface area contributed by atoms with Crippen molar-refractivity contribution in [2.75, 3.05) is 11.9 Å². The molecule has 0 amide bonds. The molecular weight excluding hydrogens is 565 g/mol. The Balaban J connectivity index is 1.27. The van der Waals surface area contributed by atoms with Crippen LogP contribution in [0.25, 0.3) is 0 Å². The Labute approximate surface area is 245 Å². The van der Waals surface area contributed by atoms with Gasteiger partial charge in [-0.05, 0) is 74.1 Å². The summed E-state index contributed by atoms with van der Waals surface area (Å²) in [6, 6.07) is 19.9. The van der Waals surface area contributed by atoms with E-state index in [-0.39, 0.29) is 6.42 Å². The summed E-state index contributed by atoms with van der Waals surface area (Å²) < 4.78 is 53.4. The zero-order valence-electron chi connectivity index (χ0n) is 23.1. The van der Waals surface area contributed by atoms with E-state index in [1.165, 1.54) is 0 Å². The number of nitrogens with one attached hydrogen (secondary N) is 1. The van der Waals surface area contributed by atoms with Crippen molar-refractivity contribution in [1.29, 1.82) is 0 Å². The minimum absolute atomic E-state index is 0.0965. The number of para-hydroxylation sites is 1. The first-order valence-corrected chi connectivity index (χ1v) is 13.9. The second-order valence-electron chi connectivity index (χ2n) is 10.2. The van der Waals surface area contributed by atoms with Crippen LogP contribution in [0.15, 0.2) is 71.3 Å². The van der Waals surface area contributed by atoms with Gasteiger partial charge in [0, 0.05) is 29.8 Å². The number of hydrogen-bond donors (Lipinski definition) is 1. The summed E-state index contributed by atoms with van der Waals surface area (Å²) in [7, 11) is 0. The lowest BCUT2D eigenvalue weighted by Crippen LogP contribution is -2.28. The lowest BCUT2D eigenvalue weighted by molar-refractivity contribution is -0.202. The Bertz CT molecular complexity index is 1540. The number of benzene rings is 2. The fourth-order valence-corrected chi connectivity index (χ4v) is 4.89. The highest BCUT2D eigenvalue weighted by Gasteiger charge is 2.42. The maximum atomic E-state index is 12.7. The van der Waals surface area contributed by atoms with Gasteiger partial charge in [-0.25, -0.2) is 4.79 Å². The average molecular weight is 595 g/mol. The quantitative estimate of drug-likeness (QED) is 0.161. The molecule has 0 saturated carbocycles. The first kappa shape index (κ1) is 29.7. The number of carbonyl (C=O) groups is 2. The van der Waals surface area contributed by atoms with E-state index in [0.717, 1.165) is 36.5 Å². The molecule has 2 aromatic heterocycles. The number of fused-ring (bicyclic) bond motifs is 1. The number of nitrogens with zero attached hydrogens (tertiary/aromatic N) is 3. The molecule has 224 valence electrons. The van der Waals surface area contributed by atoms with Crippen molar-refractivity contribution in [3.8, 4) is 11.5 Å². The molecule has 1 aliphatic rings. The highest BCUT2D eigenvalue weighted by atomic mass is 19.4. The Hall–Kier alpha value is -4.74. The molecule has 0 fully saturated rings. The number of pyridine rings is 1. The van der Waals surface area contributed by atoms with Gasteiger partial charge in [0.2, 0.25) is 0 Å². The molecule has 3 heterocycles. The highest BCUT2D eigenvalue weighted by molar-refractivity contribution is 5.88. The molecule has 0 bridgehead atoms. The number of aryl methyl sites for hydroxylation is 3. The normalized spacial score (nSPS) is 13.5. The molecule has 4 aromatic rings. The number of aromatic nitrogens is 3. The molecule has 9 nitrogen and oxygen atoms in total. The fraction of sp³-hybridized carbons (Fsp3) is 0.323. The number of alkyl halides is 3. The van der Waals surface area contributed by atoms with Crippen molar-refractivity contribution in [3.63, 3.8) is 0 Å². The van der Waals surface area contributed by atoms with Gasteiger partial charge >= 0.3 is 18.1 Å². The fourth-order valence-electron chi connectivity index (χ4n) is 4.89. The van der Waals surface area contributed by atoms with Crippen LogP contribution in [0.3, 0.4) is 0 Å². The molecule has 5 rings (SSSR count). The summed E-state index contributed by atoms with van der Waals surface area (Å²) in [6.07, 6.45) is -1.79. The maximum Gasteiger partial charge on any atom is 0.491 e. The molecule has 2 aromatic carbocycles. The molecule has 0 spiro atoms. The van der Waals surface area contributed by atoms with Crippen LogP contribution in [-0.4, -0.2) is 40.0 Å². The van der Waals surface area contributed by atoms with Crippen LogP contribution in [-0.2, 0) is 40.0 Å². The predicted octanol–water partition coefficient (Wildman–Crippen LogP) is 6.14.